The molecule has 0 radical (unpaired) electrons. The molecule has 4 nitrogen and oxygen atoms in total. The Morgan fingerprint density at radius 3 is 1.54 bits per heavy atom. The van der Waals surface area contributed by atoms with Gasteiger partial charge in [-0.2, -0.15) is 0 Å². The lowest BCUT2D eigenvalue weighted by Gasteiger charge is -2.39. The number of hydrogen-bond donors (Lipinski definition) is 1. The van der Waals surface area contributed by atoms with Crippen LogP contribution < -0.4 is 10.1 Å². The zero-order chi connectivity index (χ0) is 34.2. The van der Waals surface area contributed by atoms with Crippen molar-refractivity contribution in [3.05, 3.63) is 215 Å². The van der Waals surface area contributed by atoms with Crippen LogP contribution in [0, 0.1) is 0 Å². The van der Waals surface area contributed by atoms with E-state index in [-0.39, 0.29) is 0 Å². The summed E-state index contributed by atoms with van der Waals surface area (Å²) in [6, 6.07) is 62.5. The molecule has 0 amide bonds. The van der Waals surface area contributed by atoms with Gasteiger partial charge >= 0.3 is 0 Å². The topological polar surface area (TPSA) is 46.0 Å². The zero-order valence-corrected chi connectivity index (χ0v) is 28.1. The maximum absolute atomic E-state index is 6.59. The number of amidine groups is 2. The van der Waals surface area contributed by atoms with Gasteiger partial charge in [-0.25, -0.2) is 9.98 Å². The second-order valence-electron chi connectivity index (χ2n) is 13.7. The molecule has 1 N–H and O–H groups in total. The Balaban J connectivity index is 1.17. The average Bonchev–Trinajstić information content (AvgIpc) is 3.50. The maximum Gasteiger partial charge on any atom is 0.169 e. The second-order valence-corrected chi connectivity index (χ2v) is 13.7. The first-order chi connectivity index (χ1) is 25.8. The molecule has 2 heterocycles. The van der Waals surface area contributed by atoms with Crippen LogP contribution in [0.5, 0.6) is 11.5 Å². The highest BCUT2D eigenvalue weighted by atomic mass is 16.5. The average molecular weight is 666 g/mol. The van der Waals surface area contributed by atoms with Gasteiger partial charge < -0.3 is 10.1 Å². The highest BCUT2D eigenvalue weighted by Crippen LogP contribution is 2.62. The van der Waals surface area contributed by atoms with E-state index in [0.717, 1.165) is 61.8 Å². The Hall–Kier alpha value is -6.78. The van der Waals surface area contributed by atoms with Gasteiger partial charge in [-0.1, -0.05) is 158 Å². The lowest BCUT2D eigenvalue weighted by Crippen LogP contribution is -2.36. The number of fused-ring (bicyclic) bond motifs is 11. The molecule has 244 valence electrons. The minimum atomic E-state index is -0.565. The third kappa shape index (κ3) is 4.09. The molecule has 4 heteroatoms. The summed E-state index contributed by atoms with van der Waals surface area (Å²) in [5.74, 6) is 3.37. The van der Waals surface area contributed by atoms with E-state index >= 15 is 0 Å². The fourth-order valence-electron chi connectivity index (χ4n) is 8.77. The molecule has 11 rings (SSSR count). The van der Waals surface area contributed by atoms with Gasteiger partial charge in [0.2, 0.25) is 0 Å². The van der Waals surface area contributed by atoms with E-state index in [1.807, 2.05) is 0 Å². The maximum atomic E-state index is 6.59. The molecule has 2 aliphatic heterocycles. The van der Waals surface area contributed by atoms with E-state index in [9.17, 15) is 0 Å². The molecule has 0 fully saturated rings. The normalized spacial score (nSPS) is 15.2. The van der Waals surface area contributed by atoms with E-state index in [1.54, 1.807) is 0 Å². The highest BCUT2D eigenvalue weighted by Gasteiger charge is 2.51. The van der Waals surface area contributed by atoms with Crippen LogP contribution in [0.15, 0.2) is 186 Å². The van der Waals surface area contributed by atoms with Crippen LogP contribution in [-0.2, 0) is 5.41 Å². The summed E-state index contributed by atoms with van der Waals surface area (Å²) in [7, 11) is 0. The fourth-order valence-corrected chi connectivity index (χ4v) is 8.77. The van der Waals surface area contributed by atoms with Crippen LogP contribution in [0.2, 0.25) is 0 Å². The van der Waals surface area contributed by atoms with Crippen molar-refractivity contribution in [1.29, 1.82) is 0 Å². The van der Waals surface area contributed by atoms with Crippen LogP contribution in [0.3, 0.4) is 0 Å². The Bertz CT molecular complexity index is 2680. The van der Waals surface area contributed by atoms with Crippen LogP contribution in [0.1, 0.15) is 45.1 Å². The summed E-state index contributed by atoms with van der Waals surface area (Å²) < 4.78 is 6.59. The van der Waals surface area contributed by atoms with Gasteiger partial charge in [-0.3, -0.25) is 0 Å². The summed E-state index contributed by atoms with van der Waals surface area (Å²) in [6.45, 7) is 0. The molecule has 8 aromatic rings. The molecule has 0 atom stereocenters. The standard InChI is InChI=1S/C48H31N3O/c1-3-17-33-30(13-1)15-11-20-37(33)46-49-45(50-47(51-46)38-21-12-16-31-14-2-4-18-34(31)38)32-27-28-36-35-19-5-6-22-39(35)48(42(36)29-32)40-23-7-9-25-43(40)52-44-26-10-8-24-41(44)48/h1-29,45H,(H,49,50,51). The lowest BCUT2D eigenvalue weighted by atomic mass is 9.66. The molecular formula is C48H31N3O. The van der Waals surface area contributed by atoms with Crippen molar-refractivity contribution >= 4 is 33.2 Å². The first kappa shape index (κ1) is 29.0. The minimum Gasteiger partial charge on any atom is -0.457 e. The molecule has 1 spiro atoms. The number of hydrogen-bond acceptors (Lipinski definition) is 4. The largest absolute Gasteiger partial charge is 0.457 e. The van der Waals surface area contributed by atoms with Gasteiger partial charge in [0.05, 0.1) is 5.41 Å². The van der Waals surface area contributed by atoms with Crippen LogP contribution >= 0.6 is 0 Å². The number of benzene rings is 8. The fraction of sp³-hybridized carbons (Fsp3) is 0.0417. The Kier molecular flexibility index (Phi) is 6.20. The van der Waals surface area contributed by atoms with E-state index in [0.29, 0.717) is 0 Å². The Labute approximate surface area is 301 Å². The monoisotopic (exact) mass is 665 g/mol. The number of ether oxygens (including phenoxy) is 1. The van der Waals surface area contributed by atoms with Gasteiger partial charge in [0, 0.05) is 22.3 Å². The quantitative estimate of drug-likeness (QED) is 0.204. The molecule has 8 aromatic carbocycles. The predicted octanol–water partition coefficient (Wildman–Crippen LogP) is 11.0. The summed E-state index contributed by atoms with van der Waals surface area (Å²) in [6.07, 6.45) is -0.486. The van der Waals surface area contributed by atoms with Crippen LogP contribution in [0.25, 0.3) is 32.7 Å². The van der Waals surface area contributed by atoms with Crippen molar-refractivity contribution in [2.24, 2.45) is 9.98 Å². The molecule has 0 unspecified atom stereocenters. The van der Waals surface area contributed by atoms with Crippen molar-refractivity contribution in [3.8, 4) is 22.6 Å². The molecule has 0 bridgehead atoms. The third-order valence-electron chi connectivity index (χ3n) is 11.0. The number of rotatable bonds is 3. The number of aliphatic imine (C=N–C) groups is 2. The molecule has 0 saturated heterocycles. The van der Waals surface area contributed by atoms with Crippen molar-refractivity contribution in [2.75, 3.05) is 0 Å². The lowest BCUT2D eigenvalue weighted by molar-refractivity contribution is 0.436. The minimum absolute atomic E-state index is 0.486. The zero-order valence-electron chi connectivity index (χ0n) is 28.1. The third-order valence-corrected chi connectivity index (χ3v) is 11.0. The van der Waals surface area contributed by atoms with E-state index in [2.05, 4.69) is 181 Å². The SMILES string of the molecule is c1ccc2c(c1)Oc1ccccc1C21c2ccccc2-c2ccc(C3N=C(c4cccc5ccccc45)NC(c4cccc5ccccc45)=N3)cc21. The molecule has 3 aliphatic rings. The molecule has 52 heavy (non-hydrogen) atoms. The van der Waals surface area contributed by atoms with Gasteiger partial charge in [-0.15, -0.1) is 0 Å². The highest BCUT2D eigenvalue weighted by molar-refractivity contribution is 6.22. The van der Waals surface area contributed by atoms with Crippen molar-refractivity contribution in [3.63, 3.8) is 0 Å². The molecule has 0 aromatic heterocycles. The summed E-state index contributed by atoms with van der Waals surface area (Å²) in [4.78, 5) is 10.8. The number of nitrogens with zero attached hydrogens (tertiary/aromatic N) is 2. The van der Waals surface area contributed by atoms with Crippen LogP contribution in [0.4, 0.5) is 0 Å². The number of para-hydroxylation sites is 2. The Morgan fingerprint density at radius 1 is 0.423 bits per heavy atom. The number of nitrogens with one attached hydrogen (secondary N) is 1. The van der Waals surface area contributed by atoms with Gasteiger partial charge in [0.1, 0.15) is 23.2 Å². The van der Waals surface area contributed by atoms with Crippen molar-refractivity contribution in [1.82, 2.24) is 5.32 Å². The molecule has 0 saturated carbocycles. The molecule has 1 aliphatic carbocycles. The summed E-state index contributed by atoms with van der Waals surface area (Å²) in [5.41, 5.74) is 9.78. The first-order valence-electron chi connectivity index (χ1n) is 17.8. The second kappa shape index (κ2) is 11.1. The van der Waals surface area contributed by atoms with E-state index < -0.39 is 11.6 Å². The Morgan fingerprint density at radius 2 is 0.904 bits per heavy atom. The molecular weight excluding hydrogens is 635 g/mol. The predicted molar refractivity (Wildman–Crippen MR) is 211 cm³/mol. The van der Waals surface area contributed by atoms with Crippen LogP contribution in [-0.4, -0.2) is 11.7 Å². The smallest absolute Gasteiger partial charge is 0.169 e. The van der Waals surface area contributed by atoms with Crippen molar-refractivity contribution in [2.45, 2.75) is 11.6 Å². The van der Waals surface area contributed by atoms with E-state index in [4.69, 9.17) is 14.7 Å². The van der Waals surface area contributed by atoms with Crippen molar-refractivity contribution < 1.29 is 4.74 Å². The van der Waals surface area contributed by atoms with Gasteiger partial charge in [0.15, 0.2) is 6.17 Å². The van der Waals surface area contributed by atoms with Gasteiger partial charge in [0.25, 0.3) is 0 Å². The summed E-state index contributed by atoms with van der Waals surface area (Å²) >= 11 is 0. The van der Waals surface area contributed by atoms with E-state index in [1.165, 1.54) is 33.0 Å². The first-order valence-corrected chi connectivity index (χ1v) is 17.8. The summed E-state index contributed by atoms with van der Waals surface area (Å²) in [5, 5.41) is 8.34. The van der Waals surface area contributed by atoms with Gasteiger partial charge in [-0.05, 0) is 67.6 Å².